The molecule has 0 amide bonds. The molecule has 1 aliphatic carbocycles. The van der Waals surface area contributed by atoms with E-state index in [2.05, 4.69) is 4.72 Å². The number of hydrogen-bond donors (Lipinski definition) is 1. The van der Waals surface area contributed by atoms with Crippen molar-refractivity contribution in [3.05, 3.63) is 96.1 Å². The Kier molecular flexibility index (Phi) is 3.64. The number of rotatable bonds is 3. The fourth-order valence-electron chi connectivity index (χ4n) is 4.24. The highest BCUT2D eigenvalue weighted by Crippen LogP contribution is 2.42. The maximum atomic E-state index is 13.3. The third-order valence-electron chi connectivity index (χ3n) is 5.65. The summed E-state index contributed by atoms with van der Waals surface area (Å²) in [6, 6.07) is 24.6. The number of furan rings is 1. The fourth-order valence-corrected chi connectivity index (χ4v) is 5.33. The van der Waals surface area contributed by atoms with Crippen LogP contribution in [0.5, 0.6) is 0 Å². The van der Waals surface area contributed by atoms with Crippen LogP contribution in [0.25, 0.3) is 33.1 Å². The molecule has 1 aromatic heterocycles. The van der Waals surface area contributed by atoms with E-state index in [0.717, 1.165) is 16.3 Å². The molecule has 0 aliphatic heterocycles. The summed E-state index contributed by atoms with van der Waals surface area (Å²) in [5, 5.41) is 1.59. The Hall–Kier alpha value is -3.90. The van der Waals surface area contributed by atoms with Crippen LogP contribution in [0.15, 0.2) is 94.2 Å². The minimum Gasteiger partial charge on any atom is -0.456 e. The van der Waals surface area contributed by atoms with Crippen LogP contribution in [0.3, 0.4) is 0 Å². The summed E-state index contributed by atoms with van der Waals surface area (Å²) in [5.74, 6) is -0.0991. The van der Waals surface area contributed by atoms with Crippen LogP contribution in [0.4, 0.5) is 5.69 Å². The summed E-state index contributed by atoms with van der Waals surface area (Å²) >= 11 is 0. The highest BCUT2D eigenvalue weighted by molar-refractivity contribution is 7.92. The van der Waals surface area contributed by atoms with E-state index in [4.69, 9.17) is 4.42 Å². The first kappa shape index (κ1) is 17.9. The Morgan fingerprint density at radius 2 is 1.39 bits per heavy atom. The van der Waals surface area contributed by atoms with Crippen LogP contribution >= 0.6 is 0 Å². The second-order valence-corrected chi connectivity index (χ2v) is 9.15. The topological polar surface area (TPSA) is 76.4 Å². The number of hydrogen-bond acceptors (Lipinski definition) is 4. The maximum absolute atomic E-state index is 13.3. The molecular weight excluding hydrogens is 410 g/mol. The minimum atomic E-state index is -3.90. The van der Waals surface area contributed by atoms with E-state index in [9.17, 15) is 13.2 Å². The molecule has 0 saturated carbocycles. The Labute approximate surface area is 178 Å². The second-order valence-electron chi connectivity index (χ2n) is 7.46. The lowest BCUT2D eigenvalue weighted by molar-refractivity contribution is 0.104. The van der Waals surface area contributed by atoms with Crippen molar-refractivity contribution < 1.29 is 17.6 Å². The molecule has 0 atom stereocenters. The zero-order valence-corrected chi connectivity index (χ0v) is 16.9. The van der Waals surface area contributed by atoms with E-state index in [1.54, 1.807) is 42.5 Å². The van der Waals surface area contributed by atoms with Gasteiger partial charge in [0.25, 0.3) is 10.0 Å². The van der Waals surface area contributed by atoms with Crippen molar-refractivity contribution in [2.24, 2.45) is 0 Å². The molecule has 5 aromatic rings. The van der Waals surface area contributed by atoms with Crippen LogP contribution in [-0.2, 0) is 10.0 Å². The quantitative estimate of drug-likeness (QED) is 0.400. The molecule has 6 rings (SSSR count). The minimum absolute atomic E-state index is 0.0991. The van der Waals surface area contributed by atoms with Gasteiger partial charge in [0.05, 0.1) is 10.6 Å². The number of benzene rings is 4. The average molecular weight is 425 g/mol. The summed E-state index contributed by atoms with van der Waals surface area (Å²) in [6.07, 6.45) is 0. The van der Waals surface area contributed by atoms with Gasteiger partial charge in [-0.1, -0.05) is 54.6 Å². The molecular formula is C25H15NO4S. The number of ketones is 1. The molecule has 0 saturated heterocycles. The van der Waals surface area contributed by atoms with E-state index in [1.165, 1.54) is 6.07 Å². The SMILES string of the molecule is O=C1c2ccccc2-c2c(NS(=O)(=O)c3ccc4oc5ccccc5c4c3)cccc21. The highest BCUT2D eigenvalue weighted by Gasteiger charge is 2.29. The predicted octanol–water partition coefficient (Wildman–Crippen LogP) is 5.60. The third kappa shape index (κ3) is 2.62. The van der Waals surface area contributed by atoms with Crippen molar-refractivity contribution >= 4 is 43.4 Å². The van der Waals surface area contributed by atoms with Gasteiger partial charge in [-0.3, -0.25) is 9.52 Å². The summed E-state index contributed by atoms with van der Waals surface area (Å²) in [5.41, 5.74) is 4.14. The van der Waals surface area contributed by atoms with E-state index in [1.807, 2.05) is 36.4 Å². The molecule has 1 N–H and O–H groups in total. The summed E-state index contributed by atoms with van der Waals surface area (Å²) in [6.45, 7) is 0. The van der Waals surface area contributed by atoms with Crippen LogP contribution in [0.1, 0.15) is 15.9 Å². The molecule has 150 valence electrons. The number of carbonyl (C=O) groups is 1. The van der Waals surface area contributed by atoms with Crippen molar-refractivity contribution in [2.45, 2.75) is 4.90 Å². The number of fused-ring (bicyclic) bond motifs is 6. The van der Waals surface area contributed by atoms with E-state index < -0.39 is 10.0 Å². The zero-order valence-electron chi connectivity index (χ0n) is 16.1. The van der Waals surface area contributed by atoms with Gasteiger partial charge < -0.3 is 4.42 Å². The molecule has 0 bridgehead atoms. The molecule has 4 aromatic carbocycles. The Bertz CT molecular complexity index is 1650. The standard InChI is InChI=1S/C25H15NO4S/c27-25-18-8-2-1-7-17(18)24-19(25)9-5-10-21(24)26-31(28,29)15-12-13-23-20(14-15)16-6-3-4-11-22(16)30-23/h1-14,26H. The van der Waals surface area contributed by atoms with Gasteiger partial charge in [0.15, 0.2) is 5.78 Å². The number of anilines is 1. The number of carbonyl (C=O) groups excluding carboxylic acids is 1. The molecule has 0 unspecified atom stereocenters. The first-order chi connectivity index (χ1) is 15.0. The summed E-state index contributed by atoms with van der Waals surface area (Å²) in [7, 11) is -3.90. The van der Waals surface area contributed by atoms with Gasteiger partial charge in [-0.2, -0.15) is 0 Å². The first-order valence-corrected chi connectivity index (χ1v) is 11.2. The van der Waals surface area contributed by atoms with Gasteiger partial charge in [0.2, 0.25) is 0 Å². The molecule has 0 spiro atoms. The van der Waals surface area contributed by atoms with Crippen molar-refractivity contribution in [3.63, 3.8) is 0 Å². The van der Waals surface area contributed by atoms with Crippen molar-refractivity contribution in [1.29, 1.82) is 0 Å². The number of sulfonamides is 1. The van der Waals surface area contributed by atoms with E-state index in [0.29, 0.717) is 33.5 Å². The van der Waals surface area contributed by atoms with Gasteiger partial charge in [0, 0.05) is 27.5 Å². The molecule has 31 heavy (non-hydrogen) atoms. The van der Waals surface area contributed by atoms with E-state index in [-0.39, 0.29) is 10.7 Å². The van der Waals surface area contributed by atoms with E-state index >= 15 is 0 Å². The zero-order chi connectivity index (χ0) is 21.2. The Balaban J connectivity index is 1.48. The van der Waals surface area contributed by atoms with Crippen molar-refractivity contribution in [1.82, 2.24) is 0 Å². The number of para-hydroxylation sites is 1. The molecule has 5 nitrogen and oxygen atoms in total. The van der Waals surface area contributed by atoms with Crippen molar-refractivity contribution in [3.8, 4) is 11.1 Å². The van der Waals surface area contributed by atoms with Gasteiger partial charge >= 0.3 is 0 Å². The van der Waals surface area contributed by atoms with Crippen LogP contribution in [0.2, 0.25) is 0 Å². The van der Waals surface area contributed by atoms with Gasteiger partial charge in [-0.25, -0.2) is 8.42 Å². The smallest absolute Gasteiger partial charge is 0.261 e. The predicted molar refractivity (Wildman–Crippen MR) is 120 cm³/mol. The first-order valence-electron chi connectivity index (χ1n) is 9.74. The molecule has 0 radical (unpaired) electrons. The number of nitrogens with one attached hydrogen (secondary N) is 1. The monoisotopic (exact) mass is 425 g/mol. The average Bonchev–Trinajstić information content (AvgIpc) is 3.30. The fraction of sp³-hybridized carbons (Fsp3) is 0. The second kappa shape index (κ2) is 6.30. The van der Waals surface area contributed by atoms with Gasteiger partial charge in [-0.15, -0.1) is 0 Å². The lowest BCUT2D eigenvalue weighted by Crippen LogP contribution is -2.13. The van der Waals surface area contributed by atoms with Gasteiger partial charge in [-0.05, 0) is 35.9 Å². The summed E-state index contributed by atoms with van der Waals surface area (Å²) in [4.78, 5) is 12.9. The van der Waals surface area contributed by atoms with Crippen LogP contribution < -0.4 is 4.72 Å². The third-order valence-corrected chi connectivity index (χ3v) is 7.02. The van der Waals surface area contributed by atoms with Crippen LogP contribution in [0, 0.1) is 0 Å². The maximum Gasteiger partial charge on any atom is 0.261 e. The normalized spacial score (nSPS) is 12.8. The highest BCUT2D eigenvalue weighted by atomic mass is 32.2. The molecule has 0 fully saturated rings. The van der Waals surface area contributed by atoms with Gasteiger partial charge in [0.1, 0.15) is 11.2 Å². The Morgan fingerprint density at radius 3 is 2.26 bits per heavy atom. The van der Waals surface area contributed by atoms with Crippen molar-refractivity contribution in [2.75, 3.05) is 4.72 Å². The lowest BCUT2D eigenvalue weighted by Gasteiger charge is -2.12. The summed E-state index contributed by atoms with van der Waals surface area (Å²) < 4.78 is 35.0. The molecule has 1 aliphatic rings. The molecule has 1 heterocycles. The lowest BCUT2D eigenvalue weighted by atomic mass is 10.0. The molecule has 6 heteroatoms. The van der Waals surface area contributed by atoms with Crippen LogP contribution in [-0.4, -0.2) is 14.2 Å². The largest absolute Gasteiger partial charge is 0.456 e. The Morgan fingerprint density at radius 1 is 0.677 bits per heavy atom.